The molecule has 2 aromatic heterocycles. The Hall–Kier alpha value is -6.05. The fraction of sp³-hybridized carbons (Fsp3) is 0.419. The summed E-state index contributed by atoms with van der Waals surface area (Å²) in [4.78, 5) is 63.8. The molecule has 0 saturated carbocycles. The van der Waals surface area contributed by atoms with Crippen molar-refractivity contribution in [2.24, 2.45) is 23.0 Å². The summed E-state index contributed by atoms with van der Waals surface area (Å²) in [6, 6.07) is 18.6. The molecule has 0 aliphatic carbocycles. The molecule has 14 nitrogen and oxygen atoms in total. The standard InChI is InChI=1S/C43H51N9O5/c1-49-37-23-29(17-18-35(37)52(43(49)57)36-19-20-41(55)47-42(36)56)11-6-4-2-3-5-7-12-31(48-44)26-45-25-30-13-10-16-40(46-30)51-28-32-24-33(51)27-50(32)22-21-39(54)34-14-8-9-15-38(34)53/h8-10,13-18,21-23,26,32-33,36,53H,2-7,11-12,19-20,24-25,27-28,44H2,1H3,(H,47,55,56)/b22-21+,45-26?,48-31-/t32-,33-,36?/m1/s1. The summed E-state index contributed by atoms with van der Waals surface area (Å²) < 4.78 is 3.10. The number of nitrogens with zero attached hydrogens (tertiary/aromatic N) is 7. The molecule has 4 aromatic rings. The van der Waals surface area contributed by atoms with Crippen LogP contribution in [0, 0.1) is 0 Å². The number of unbranched alkanes of at least 4 members (excludes halogenated alkanes) is 5. The number of imide groups is 1. The molecule has 3 atom stereocenters. The number of hydrogen-bond donors (Lipinski definition) is 3. The maximum absolute atomic E-state index is 13.0. The number of allylic oxidation sites excluding steroid dienone is 1. The smallest absolute Gasteiger partial charge is 0.329 e. The molecular formula is C43H51N9O5. The van der Waals surface area contributed by atoms with Crippen molar-refractivity contribution in [2.45, 2.75) is 95.3 Å². The number of fused-ring (bicyclic) bond motifs is 3. The van der Waals surface area contributed by atoms with Gasteiger partial charge in [0.25, 0.3) is 0 Å². The van der Waals surface area contributed by atoms with Crippen LogP contribution in [0.4, 0.5) is 5.82 Å². The number of piperazine rings is 1. The van der Waals surface area contributed by atoms with Crippen LogP contribution >= 0.6 is 0 Å². The van der Waals surface area contributed by atoms with Crippen molar-refractivity contribution in [2.75, 3.05) is 18.0 Å². The van der Waals surface area contributed by atoms with Crippen molar-refractivity contribution in [1.82, 2.24) is 24.3 Å². The normalized spacial score (nSPS) is 19.8. The zero-order valence-corrected chi connectivity index (χ0v) is 32.4. The quantitative estimate of drug-likeness (QED) is 0.0255. The number of phenolic OH excluding ortho intramolecular Hbond substituents is 1. The molecule has 1 unspecified atom stereocenters. The molecule has 3 saturated heterocycles. The van der Waals surface area contributed by atoms with Crippen LogP contribution in [0.3, 0.4) is 0 Å². The highest BCUT2D eigenvalue weighted by Crippen LogP contribution is 2.34. The molecule has 4 N–H and O–H groups in total. The molecule has 2 amide bonds. The van der Waals surface area contributed by atoms with Crippen LogP contribution in [0.15, 0.2) is 87.8 Å². The van der Waals surface area contributed by atoms with E-state index in [9.17, 15) is 24.3 Å². The Balaban J connectivity index is 0.795. The number of aromatic nitrogens is 3. The number of pyridine rings is 1. The minimum absolute atomic E-state index is 0.00756. The van der Waals surface area contributed by atoms with E-state index in [0.29, 0.717) is 36.1 Å². The zero-order valence-electron chi connectivity index (χ0n) is 32.4. The first-order chi connectivity index (χ1) is 27.7. The average Bonchev–Trinajstić information content (AvgIpc) is 3.89. The zero-order chi connectivity index (χ0) is 39.9. The van der Waals surface area contributed by atoms with Crippen molar-refractivity contribution in [3.63, 3.8) is 0 Å². The number of benzene rings is 2. The van der Waals surface area contributed by atoms with Crippen molar-refractivity contribution in [3.8, 4) is 5.75 Å². The number of amides is 2. The van der Waals surface area contributed by atoms with Gasteiger partial charge in [-0.25, -0.2) is 9.78 Å². The van der Waals surface area contributed by atoms with Gasteiger partial charge in [-0.2, -0.15) is 5.10 Å². The van der Waals surface area contributed by atoms with Gasteiger partial charge in [-0.15, -0.1) is 0 Å². The molecule has 3 aliphatic heterocycles. The van der Waals surface area contributed by atoms with E-state index in [1.54, 1.807) is 42.1 Å². The summed E-state index contributed by atoms with van der Waals surface area (Å²) >= 11 is 0. The number of likely N-dealkylation sites (tertiary alicyclic amines) is 1. The van der Waals surface area contributed by atoms with Crippen LogP contribution in [0.25, 0.3) is 11.0 Å². The van der Waals surface area contributed by atoms with Gasteiger partial charge in [0.05, 0.1) is 34.5 Å². The molecule has 3 fully saturated rings. The van der Waals surface area contributed by atoms with E-state index in [2.05, 4.69) is 25.2 Å². The SMILES string of the molecule is Cn1c(=O)n(C2CCC(=O)NC2=O)c2ccc(CCCCCCCC/C(C=NCc3cccc(N4C[C@H]5C[C@@H]4CN5/C=C/C(=O)c4ccccc4O)n3)=N/N)cc21. The van der Waals surface area contributed by atoms with E-state index in [0.717, 1.165) is 99.2 Å². The second-order valence-corrected chi connectivity index (χ2v) is 15.3. The number of nitrogens with one attached hydrogen (secondary N) is 1. The van der Waals surface area contributed by atoms with Crippen LogP contribution in [0.2, 0.25) is 0 Å². The Kier molecular flexibility index (Phi) is 12.3. The number of para-hydroxylation sites is 1. The van der Waals surface area contributed by atoms with Crippen LogP contribution in [-0.4, -0.2) is 78.8 Å². The van der Waals surface area contributed by atoms with Crippen molar-refractivity contribution in [3.05, 3.63) is 100 Å². The average molecular weight is 774 g/mol. The number of rotatable bonds is 17. The molecule has 0 radical (unpaired) electrons. The summed E-state index contributed by atoms with van der Waals surface area (Å²) in [5, 5.41) is 16.3. The third-order valence-electron chi connectivity index (χ3n) is 11.4. The van der Waals surface area contributed by atoms with Crippen molar-refractivity contribution < 1.29 is 19.5 Å². The monoisotopic (exact) mass is 773 g/mol. The number of hydrazone groups is 1. The van der Waals surface area contributed by atoms with Crippen LogP contribution in [0.1, 0.15) is 91.9 Å². The Morgan fingerprint density at radius 3 is 2.54 bits per heavy atom. The van der Waals surface area contributed by atoms with Crippen LogP contribution < -0.4 is 21.7 Å². The lowest BCUT2D eigenvalue weighted by atomic mass is 10.0. The molecule has 0 spiro atoms. The highest BCUT2D eigenvalue weighted by molar-refractivity contribution is 6.30. The molecule has 7 rings (SSSR count). The summed E-state index contributed by atoms with van der Waals surface area (Å²) in [6.45, 7) is 2.07. The van der Waals surface area contributed by atoms with Crippen LogP contribution in [-0.2, 0) is 29.6 Å². The highest BCUT2D eigenvalue weighted by atomic mass is 16.3. The summed E-state index contributed by atoms with van der Waals surface area (Å²) in [5.41, 5.74) is 4.37. The molecule has 2 aromatic carbocycles. The van der Waals surface area contributed by atoms with Crippen molar-refractivity contribution >= 4 is 46.4 Å². The minimum Gasteiger partial charge on any atom is -0.507 e. The Morgan fingerprint density at radius 1 is 0.965 bits per heavy atom. The number of carbonyl (C=O) groups excluding carboxylic acids is 3. The first-order valence-corrected chi connectivity index (χ1v) is 20.0. The lowest BCUT2D eigenvalue weighted by molar-refractivity contribution is -0.135. The van der Waals surface area contributed by atoms with Gasteiger partial charge < -0.3 is 20.7 Å². The Labute approximate surface area is 331 Å². The number of carbonyl (C=O) groups is 3. The van der Waals surface area contributed by atoms with E-state index in [1.807, 2.05) is 42.6 Å². The van der Waals surface area contributed by atoms with Crippen molar-refractivity contribution in [1.29, 1.82) is 0 Å². The van der Waals surface area contributed by atoms with E-state index in [4.69, 9.17) is 10.8 Å². The summed E-state index contributed by atoms with van der Waals surface area (Å²) in [6.07, 6.45) is 14.9. The third kappa shape index (κ3) is 9.00. The van der Waals surface area contributed by atoms with Gasteiger partial charge in [-0.3, -0.25) is 33.8 Å². The molecular weight excluding hydrogens is 723 g/mol. The number of piperidine rings is 1. The number of aliphatic imine (C=N–C) groups is 1. The third-order valence-corrected chi connectivity index (χ3v) is 11.4. The fourth-order valence-corrected chi connectivity index (χ4v) is 8.35. The number of aromatic hydroxyl groups is 1. The topological polar surface area (TPSA) is 181 Å². The van der Waals surface area contributed by atoms with E-state index in [1.165, 1.54) is 10.6 Å². The van der Waals surface area contributed by atoms with Gasteiger partial charge in [0, 0.05) is 57.1 Å². The molecule has 57 heavy (non-hydrogen) atoms. The summed E-state index contributed by atoms with van der Waals surface area (Å²) in [7, 11) is 1.72. The fourth-order valence-electron chi connectivity index (χ4n) is 8.35. The molecule has 3 aliphatic rings. The maximum Gasteiger partial charge on any atom is 0.329 e. The lowest BCUT2D eigenvalue weighted by Gasteiger charge is -2.34. The number of aryl methyl sites for hydroxylation is 2. The summed E-state index contributed by atoms with van der Waals surface area (Å²) in [5.74, 6) is 5.70. The number of anilines is 1. The Bertz CT molecular complexity index is 2270. The molecule has 298 valence electrons. The number of hydrogen-bond acceptors (Lipinski definition) is 11. The minimum atomic E-state index is -0.677. The first kappa shape index (κ1) is 39.2. The van der Waals surface area contributed by atoms with Gasteiger partial charge in [0.2, 0.25) is 11.8 Å². The molecule has 5 heterocycles. The molecule has 14 heteroatoms. The van der Waals surface area contributed by atoms with Gasteiger partial charge in [0.15, 0.2) is 5.78 Å². The maximum atomic E-state index is 13.0. The van der Waals surface area contributed by atoms with Gasteiger partial charge in [-0.1, -0.05) is 49.9 Å². The number of phenols is 1. The number of imidazole rings is 1. The second kappa shape index (κ2) is 17.8. The predicted molar refractivity (Wildman–Crippen MR) is 221 cm³/mol. The van der Waals surface area contributed by atoms with E-state index in [-0.39, 0.29) is 29.6 Å². The van der Waals surface area contributed by atoms with E-state index < -0.39 is 11.9 Å². The first-order valence-electron chi connectivity index (χ1n) is 20.0. The number of ketones is 1. The van der Waals surface area contributed by atoms with Gasteiger partial charge >= 0.3 is 5.69 Å². The predicted octanol–water partition coefficient (Wildman–Crippen LogP) is 4.94. The highest BCUT2D eigenvalue weighted by Gasteiger charge is 2.42. The van der Waals surface area contributed by atoms with Crippen LogP contribution in [0.5, 0.6) is 5.75 Å². The number of nitrogens with two attached hydrogens (primary N) is 1. The Morgan fingerprint density at radius 2 is 1.77 bits per heavy atom. The van der Waals surface area contributed by atoms with Gasteiger partial charge in [-0.05, 0) is 80.5 Å². The second-order valence-electron chi connectivity index (χ2n) is 15.3. The molecule has 2 bridgehead atoms. The largest absolute Gasteiger partial charge is 0.507 e. The van der Waals surface area contributed by atoms with E-state index >= 15 is 0 Å². The lowest BCUT2D eigenvalue weighted by Crippen LogP contribution is -2.44. The van der Waals surface area contributed by atoms with Gasteiger partial charge in [0.1, 0.15) is 17.6 Å².